The number of benzene rings is 2. The van der Waals surface area contributed by atoms with Crippen molar-refractivity contribution >= 4 is 11.6 Å². The molecule has 4 nitrogen and oxygen atoms in total. The van der Waals surface area contributed by atoms with Gasteiger partial charge in [0.1, 0.15) is 5.75 Å². The standard InChI is InChI=1S/C19H19NO3/c1-3-22-18-10-7-15(12-19(18)23-4-2)16(13-20)11-14-5-8-17(21)9-6-14/h5-12,21H,3-4H2,1-2H3/b16-11-. The van der Waals surface area contributed by atoms with Crippen LogP contribution in [0.15, 0.2) is 42.5 Å². The normalized spacial score (nSPS) is 10.9. The number of nitriles is 1. The fourth-order valence-electron chi connectivity index (χ4n) is 2.14. The Hall–Kier alpha value is -2.93. The molecule has 0 radical (unpaired) electrons. The van der Waals surface area contributed by atoms with E-state index in [0.29, 0.717) is 30.3 Å². The fourth-order valence-corrected chi connectivity index (χ4v) is 2.14. The average molecular weight is 309 g/mol. The van der Waals surface area contributed by atoms with E-state index < -0.39 is 0 Å². The van der Waals surface area contributed by atoms with Gasteiger partial charge in [-0.1, -0.05) is 12.1 Å². The van der Waals surface area contributed by atoms with E-state index in [9.17, 15) is 10.4 Å². The third-order valence-electron chi connectivity index (χ3n) is 3.18. The number of phenolic OH excluding ortho intramolecular Hbond substituents is 1. The molecule has 0 heterocycles. The SMILES string of the molecule is CCOc1ccc(/C(C#N)=C\c2ccc(O)cc2)cc1OCC. The van der Waals surface area contributed by atoms with Crippen molar-refractivity contribution in [1.29, 1.82) is 5.26 Å². The van der Waals surface area contributed by atoms with Gasteiger partial charge in [-0.2, -0.15) is 5.26 Å². The van der Waals surface area contributed by atoms with Crippen LogP contribution >= 0.6 is 0 Å². The first kappa shape index (κ1) is 16.4. The Kier molecular flexibility index (Phi) is 5.65. The number of allylic oxidation sites excluding steroid dienone is 1. The van der Waals surface area contributed by atoms with E-state index in [1.165, 1.54) is 0 Å². The fraction of sp³-hybridized carbons (Fsp3) is 0.211. The summed E-state index contributed by atoms with van der Waals surface area (Å²) in [6, 6.07) is 14.3. The van der Waals surface area contributed by atoms with E-state index in [-0.39, 0.29) is 5.75 Å². The highest BCUT2D eigenvalue weighted by Gasteiger charge is 2.09. The molecular weight excluding hydrogens is 290 g/mol. The second-order valence-electron chi connectivity index (χ2n) is 4.79. The Bertz CT molecular complexity index is 727. The summed E-state index contributed by atoms with van der Waals surface area (Å²) in [5.41, 5.74) is 2.11. The Morgan fingerprint density at radius 2 is 1.70 bits per heavy atom. The molecule has 0 aliphatic heterocycles. The van der Waals surface area contributed by atoms with E-state index in [1.54, 1.807) is 30.3 Å². The highest BCUT2D eigenvalue weighted by molar-refractivity contribution is 5.90. The first-order chi connectivity index (χ1) is 11.2. The summed E-state index contributed by atoms with van der Waals surface area (Å²) in [4.78, 5) is 0. The van der Waals surface area contributed by atoms with Crippen molar-refractivity contribution in [1.82, 2.24) is 0 Å². The number of aromatic hydroxyl groups is 1. The number of hydrogen-bond donors (Lipinski definition) is 1. The summed E-state index contributed by atoms with van der Waals surface area (Å²) in [5, 5.41) is 18.8. The van der Waals surface area contributed by atoms with Crippen molar-refractivity contribution in [3.63, 3.8) is 0 Å². The summed E-state index contributed by atoms with van der Waals surface area (Å²) in [5.74, 6) is 1.49. The van der Waals surface area contributed by atoms with Gasteiger partial charge in [0.15, 0.2) is 11.5 Å². The summed E-state index contributed by atoms with van der Waals surface area (Å²) in [7, 11) is 0. The van der Waals surface area contributed by atoms with Crippen molar-refractivity contribution < 1.29 is 14.6 Å². The second-order valence-corrected chi connectivity index (χ2v) is 4.79. The van der Waals surface area contributed by atoms with E-state index in [0.717, 1.165) is 11.1 Å². The molecule has 0 saturated heterocycles. The lowest BCUT2D eigenvalue weighted by molar-refractivity contribution is 0.287. The molecule has 0 aliphatic carbocycles. The minimum absolute atomic E-state index is 0.195. The lowest BCUT2D eigenvalue weighted by Crippen LogP contribution is -1.99. The number of ether oxygens (including phenoxy) is 2. The van der Waals surface area contributed by atoms with Crippen LogP contribution < -0.4 is 9.47 Å². The van der Waals surface area contributed by atoms with Gasteiger partial charge in [-0.15, -0.1) is 0 Å². The first-order valence-corrected chi connectivity index (χ1v) is 7.48. The van der Waals surface area contributed by atoms with Crippen LogP contribution in [0.3, 0.4) is 0 Å². The minimum Gasteiger partial charge on any atom is -0.508 e. The molecule has 0 saturated carbocycles. The molecule has 0 unspecified atom stereocenters. The number of rotatable bonds is 6. The summed E-state index contributed by atoms with van der Waals surface area (Å²) in [6.07, 6.45) is 1.77. The van der Waals surface area contributed by atoms with Gasteiger partial charge in [0, 0.05) is 0 Å². The zero-order chi connectivity index (χ0) is 16.7. The van der Waals surface area contributed by atoms with Crippen molar-refractivity contribution in [2.45, 2.75) is 13.8 Å². The van der Waals surface area contributed by atoms with E-state index >= 15 is 0 Å². The zero-order valence-electron chi connectivity index (χ0n) is 13.2. The summed E-state index contributed by atoms with van der Waals surface area (Å²) in [6.45, 7) is 4.88. The summed E-state index contributed by atoms with van der Waals surface area (Å²) >= 11 is 0. The molecule has 0 aliphatic rings. The first-order valence-electron chi connectivity index (χ1n) is 7.48. The van der Waals surface area contributed by atoms with Gasteiger partial charge in [-0.25, -0.2) is 0 Å². The Morgan fingerprint density at radius 1 is 1.04 bits per heavy atom. The highest BCUT2D eigenvalue weighted by atomic mass is 16.5. The summed E-state index contributed by atoms with van der Waals surface area (Å²) < 4.78 is 11.1. The van der Waals surface area contributed by atoms with Crippen LogP contribution in [0.2, 0.25) is 0 Å². The van der Waals surface area contributed by atoms with Crippen molar-refractivity contribution in [3.8, 4) is 23.3 Å². The molecule has 1 N–H and O–H groups in total. The molecular formula is C19H19NO3. The largest absolute Gasteiger partial charge is 0.508 e. The molecule has 2 aromatic rings. The maximum atomic E-state index is 9.45. The predicted molar refractivity (Wildman–Crippen MR) is 90.4 cm³/mol. The Balaban J connectivity index is 2.39. The molecule has 0 bridgehead atoms. The second kappa shape index (κ2) is 7.90. The molecule has 0 fully saturated rings. The molecule has 2 rings (SSSR count). The monoisotopic (exact) mass is 309 g/mol. The average Bonchev–Trinajstić information content (AvgIpc) is 2.56. The van der Waals surface area contributed by atoms with Gasteiger partial charge >= 0.3 is 0 Å². The number of nitrogens with zero attached hydrogens (tertiary/aromatic N) is 1. The van der Waals surface area contributed by atoms with Gasteiger partial charge in [0.25, 0.3) is 0 Å². The molecule has 4 heteroatoms. The van der Waals surface area contributed by atoms with Crippen LogP contribution in [0, 0.1) is 11.3 Å². The minimum atomic E-state index is 0.195. The van der Waals surface area contributed by atoms with Crippen LogP contribution in [-0.2, 0) is 0 Å². The third-order valence-corrected chi connectivity index (χ3v) is 3.18. The third kappa shape index (κ3) is 4.27. The molecule has 23 heavy (non-hydrogen) atoms. The maximum Gasteiger partial charge on any atom is 0.161 e. The van der Waals surface area contributed by atoms with Crippen molar-refractivity contribution in [2.75, 3.05) is 13.2 Å². The quantitative estimate of drug-likeness (QED) is 0.640. The van der Waals surface area contributed by atoms with Crippen LogP contribution in [0.25, 0.3) is 11.6 Å². The van der Waals surface area contributed by atoms with Crippen LogP contribution in [0.5, 0.6) is 17.2 Å². The van der Waals surface area contributed by atoms with Crippen LogP contribution in [0.1, 0.15) is 25.0 Å². The van der Waals surface area contributed by atoms with E-state index in [4.69, 9.17) is 9.47 Å². The molecule has 0 spiro atoms. The topological polar surface area (TPSA) is 62.5 Å². The predicted octanol–water partition coefficient (Wildman–Crippen LogP) is 4.25. The zero-order valence-corrected chi connectivity index (χ0v) is 13.2. The number of hydrogen-bond acceptors (Lipinski definition) is 4. The Morgan fingerprint density at radius 3 is 2.30 bits per heavy atom. The van der Waals surface area contributed by atoms with E-state index in [2.05, 4.69) is 6.07 Å². The van der Waals surface area contributed by atoms with Crippen LogP contribution in [0.4, 0.5) is 0 Å². The lowest BCUT2D eigenvalue weighted by Gasteiger charge is -2.12. The number of phenols is 1. The van der Waals surface area contributed by atoms with Crippen molar-refractivity contribution in [3.05, 3.63) is 53.6 Å². The molecule has 0 atom stereocenters. The van der Waals surface area contributed by atoms with Gasteiger partial charge in [0.05, 0.1) is 24.9 Å². The van der Waals surface area contributed by atoms with Gasteiger partial charge < -0.3 is 14.6 Å². The molecule has 118 valence electrons. The molecule has 0 amide bonds. The van der Waals surface area contributed by atoms with Gasteiger partial charge in [0.2, 0.25) is 0 Å². The van der Waals surface area contributed by atoms with Crippen LogP contribution in [-0.4, -0.2) is 18.3 Å². The van der Waals surface area contributed by atoms with Gasteiger partial charge in [-0.05, 0) is 61.4 Å². The van der Waals surface area contributed by atoms with Crippen molar-refractivity contribution in [2.24, 2.45) is 0 Å². The molecule has 0 aromatic heterocycles. The maximum absolute atomic E-state index is 9.45. The van der Waals surface area contributed by atoms with E-state index in [1.807, 2.05) is 32.0 Å². The highest BCUT2D eigenvalue weighted by Crippen LogP contribution is 2.31. The Labute approximate surface area is 136 Å². The molecule has 2 aromatic carbocycles. The lowest BCUT2D eigenvalue weighted by atomic mass is 10.0. The van der Waals surface area contributed by atoms with Gasteiger partial charge in [-0.3, -0.25) is 0 Å². The smallest absolute Gasteiger partial charge is 0.161 e.